The number of rotatable bonds is 2. The van der Waals surface area contributed by atoms with Crippen molar-refractivity contribution < 1.29 is 14.4 Å². The molecule has 27 heavy (non-hydrogen) atoms. The third-order valence-corrected chi connectivity index (χ3v) is 4.92. The van der Waals surface area contributed by atoms with Crippen molar-refractivity contribution in [3.05, 3.63) is 65.7 Å². The van der Waals surface area contributed by atoms with Gasteiger partial charge in [0.25, 0.3) is 11.8 Å². The third-order valence-electron chi connectivity index (χ3n) is 4.92. The number of fused-ring (bicyclic) bond motifs is 1. The van der Waals surface area contributed by atoms with Gasteiger partial charge < -0.3 is 10.2 Å². The number of nitrogens with one attached hydrogen (secondary N) is 1. The molecule has 0 radical (unpaired) electrons. The molecule has 0 bridgehead atoms. The van der Waals surface area contributed by atoms with E-state index < -0.39 is 24.0 Å². The topological polar surface area (TPSA) is 93.5 Å². The molecule has 2 fully saturated rings. The first-order chi connectivity index (χ1) is 13.1. The average molecular weight is 360 g/mol. The van der Waals surface area contributed by atoms with E-state index in [1.807, 2.05) is 6.07 Å². The highest BCUT2D eigenvalue weighted by Gasteiger charge is 2.49. The molecule has 1 N–H and O–H groups in total. The van der Waals surface area contributed by atoms with Crippen LogP contribution in [-0.2, 0) is 4.79 Å². The summed E-state index contributed by atoms with van der Waals surface area (Å²) in [6.45, 7) is 0.378. The van der Waals surface area contributed by atoms with Gasteiger partial charge in [-0.05, 0) is 42.8 Å². The number of likely N-dealkylation sites (tertiary alicyclic amines) is 1. The minimum absolute atomic E-state index is 0.287. The maximum atomic E-state index is 13.1. The van der Waals surface area contributed by atoms with Crippen LogP contribution in [0.5, 0.6) is 0 Å². The normalized spacial score (nSPS) is 21.4. The Morgan fingerprint density at radius 1 is 1.07 bits per heavy atom. The molecule has 2 aliphatic rings. The monoisotopic (exact) mass is 360 g/mol. The molecule has 0 spiro atoms. The molecule has 2 aromatic carbocycles. The molecular formula is C20H16N4O3. The van der Waals surface area contributed by atoms with Gasteiger partial charge in [-0.3, -0.25) is 9.59 Å². The lowest BCUT2D eigenvalue weighted by Crippen LogP contribution is -2.65. The van der Waals surface area contributed by atoms with Crippen LogP contribution >= 0.6 is 0 Å². The van der Waals surface area contributed by atoms with Gasteiger partial charge in [0.15, 0.2) is 0 Å². The standard InChI is InChI=1S/C20H16N4O3/c21-12-13-6-8-14(9-7-13)18(25)23-11-10-16-17(23)19(26)24(20(27)22-16)15-4-2-1-3-5-15/h1-9,16-17H,10-11H2,(H,22,27)/t16-,17+/m1/s1. The van der Waals surface area contributed by atoms with Crippen molar-refractivity contribution in [2.45, 2.75) is 18.5 Å². The van der Waals surface area contributed by atoms with Gasteiger partial charge in [-0.1, -0.05) is 18.2 Å². The van der Waals surface area contributed by atoms with Gasteiger partial charge in [-0.25, -0.2) is 9.69 Å². The summed E-state index contributed by atoms with van der Waals surface area (Å²) in [5, 5.41) is 11.7. The molecule has 2 atom stereocenters. The van der Waals surface area contributed by atoms with Gasteiger partial charge in [-0.15, -0.1) is 0 Å². The number of para-hydroxylation sites is 1. The van der Waals surface area contributed by atoms with Gasteiger partial charge >= 0.3 is 6.03 Å². The van der Waals surface area contributed by atoms with Crippen molar-refractivity contribution in [2.75, 3.05) is 11.4 Å². The van der Waals surface area contributed by atoms with Crippen molar-refractivity contribution in [1.82, 2.24) is 10.2 Å². The largest absolute Gasteiger partial charge is 0.332 e. The predicted molar refractivity (Wildman–Crippen MR) is 96.8 cm³/mol. The molecule has 7 nitrogen and oxygen atoms in total. The van der Waals surface area contributed by atoms with Crippen LogP contribution in [0.15, 0.2) is 54.6 Å². The Hall–Kier alpha value is -3.66. The first kappa shape index (κ1) is 16.8. The van der Waals surface area contributed by atoms with Gasteiger partial charge in [0.2, 0.25) is 0 Å². The van der Waals surface area contributed by atoms with Crippen LogP contribution in [0.25, 0.3) is 0 Å². The molecule has 0 saturated carbocycles. The number of nitriles is 1. The van der Waals surface area contributed by atoms with E-state index in [1.165, 1.54) is 4.90 Å². The van der Waals surface area contributed by atoms with E-state index in [0.29, 0.717) is 29.8 Å². The zero-order chi connectivity index (χ0) is 19.0. The van der Waals surface area contributed by atoms with Crippen molar-refractivity contribution >= 4 is 23.5 Å². The molecule has 2 aromatic rings. The van der Waals surface area contributed by atoms with Crippen LogP contribution in [0, 0.1) is 11.3 Å². The van der Waals surface area contributed by atoms with Gasteiger partial charge in [-0.2, -0.15) is 5.26 Å². The second kappa shape index (κ2) is 6.57. The Bertz CT molecular complexity index is 949. The van der Waals surface area contributed by atoms with E-state index in [2.05, 4.69) is 5.32 Å². The highest BCUT2D eigenvalue weighted by molar-refractivity contribution is 6.19. The zero-order valence-corrected chi connectivity index (χ0v) is 14.3. The van der Waals surface area contributed by atoms with Gasteiger partial charge in [0.05, 0.1) is 23.4 Å². The molecule has 0 aliphatic carbocycles. The molecule has 7 heteroatoms. The van der Waals surface area contributed by atoms with E-state index in [-0.39, 0.29) is 5.91 Å². The predicted octanol–water partition coefficient (Wildman–Crippen LogP) is 1.90. The number of amides is 4. The van der Waals surface area contributed by atoms with E-state index in [1.54, 1.807) is 54.6 Å². The second-order valence-corrected chi connectivity index (χ2v) is 6.49. The summed E-state index contributed by atoms with van der Waals surface area (Å²) in [6, 6.07) is 15.4. The van der Waals surface area contributed by atoms with Crippen LogP contribution < -0.4 is 10.2 Å². The third kappa shape index (κ3) is 2.81. The summed E-state index contributed by atoms with van der Waals surface area (Å²) in [6.07, 6.45) is 0.521. The number of urea groups is 1. The van der Waals surface area contributed by atoms with Gasteiger partial charge in [0, 0.05) is 12.1 Å². The van der Waals surface area contributed by atoms with Crippen molar-refractivity contribution in [2.24, 2.45) is 0 Å². The van der Waals surface area contributed by atoms with E-state index in [0.717, 1.165) is 4.90 Å². The molecule has 0 aromatic heterocycles. The molecular weight excluding hydrogens is 344 g/mol. The quantitative estimate of drug-likeness (QED) is 0.885. The summed E-state index contributed by atoms with van der Waals surface area (Å²) >= 11 is 0. The fourth-order valence-corrected chi connectivity index (χ4v) is 3.61. The van der Waals surface area contributed by atoms with Crippen molar-refractivity contribution in [1.29, 1.82) is 5.26 Å². The van der Waals surface area contributed by atoms with E-state index in [4.69, 9.17) is 5.26 Å². The zero-order valence-electron chi connectivity index (χ0n) is 14.3. The molecule has 134 valence electrons. The lowest BCUT2D eigenvalue weighted by Gasteiger charge is -2.36. The van der Waals surface area contributed by atoms with Crippen LogP contribution in [0.2, 0.25) is 0 Å². The molecule has 2 aliphatic heterocycles. The molecule has 2 saturated heterocycles. The number of benzene rings is 2. The molecule has 4 rings (SSSR count). The molecule has 0 unspecified atom stereocenters. The SMILES string of the molecule is N#Cc1ccc(C(=O)N2CC[C@H]3NC(=O)N(c4ccccc4)C(=O)[C@H]32)cc1. The van der Waals surface area contributed by atoms with Crippen LogP contribution in [-0.4, -0.2) is 41.4 Å². The fourth-order valence-electron chi connectivity index (χ4n) is 3.61. The number of carbonyl (C=O) groups excluding carboxylic acids is 3. The number of carbonyl (C=O) groups is 3. The number of hydrogen-bond acceptors (Lipinski definition) is 4. The van der Waals surface area contributed by atoms with Gasteiger partial charge in [0.1, 0.15) is 6.04 Å². The Morgan fingerprint density at radius 2 is 1.78 bits per heavy atom. The highest BCUT2D eigenvalue weighted by atomic mass is 16.2. The fraction of sp³-hybridized carbons (Fsp3) is 0.200. The van der Waals surface area contributed by atoms with E-state index in [9.17, 15) is 14.4 Å². The Morgan fingerprint density at radius 3 is 2.44 bits per heavy atom. The Labute approximate surface area is 155 Å². The summed E-state index contributed by atoms with van der Waals surface area (Å²) in [4.78, 5) is 41.0. The average Bonchev–Trinajstić information content (AvgIpc) is 3.12. The minimum Gasteiger partial charge on any atom is -0.332 e. The lowest BCUT2D eigenvalue weighted by molar-refractivity contribution is -0.122. The summed E-state index contributed by atoms with van der Waals surface area (Å²) in [5.74, 6) is -0.695. The first-order valence-electron chi connectivity index (χ1n) is 8.61. The lowest BCUT2D eigenvalue weighted by atomic mass is 10.0. The highest BCUT2D eigenvalue weighted by Crippen LogP contribution is 2.28. The smallest absolute Gasteiger partial charge is 0.329 e. The van der Waals surface area contributed by atoms with Crippen molar-refractivity contribution in [3.63, 3.8) is 0 Å². The Balaban J connectivity index is 1.63. The molecule has 4 amide bonds. The number of hydrogen-bond donors (Lipinski definition) is 1. The first-order valence-corrected chi connectivity index (χ1v) is 8.61. The summed E-state index contributed by atoms with van der Waals surface area (Å²) < 4.78 is 0. The maximum absolute atomic E-state index is 13.1. The van der Waals surface area contributed by atoms with Crippen LogP contribution in [0.3, 0.4) is 0 Å². The number of imide groups is 1. The molecule has 2 heterocycles. The van der Waals surface area contributed by atoms with Crippen LogP contribution in [0.1, 0.15) is 22.3 Å². The van der Waals surface area contributed by atoms with Crippen molar-refractivity contribution in [3.8, 4) is 6.07 Å². The van der Waals surface area contributed by atoms with Crippen LogP contribution in [0.4, 0.5) is 10.5 Å². The Kier molecular flexibility index (Phi) is 4.09. The number of anilines is 1. The minimum atomic E-state index is -0.744. The van der Waals surface area contributed by atoms with E-state index >= 15 is 0 Å². The number of nitrogens with zero attached hydrogens (tertiary/aromatic N) is 3. The summed E-state index contributed by atoms with van der Waals surface area (Å²) in [5.41, 5.74) is 1.34. The second-order valence-electron chi connectivity index (χ2n) is 6.49. The maximum Gasteiger partial charge on any atom is 0.329 e. The summed E-state index contributed by atoms with van der Waals surface area (Å²) in [7, 11) is 0.